The Morgan fingerprint density at radius 1 is 1.39 bits per heavy atom. The summed E-state index contributed by atoms with van der Waals surface area (Å²) in [5.41, 5.74) is 0.894. The van der Waals surface area contributed by atoms with E-state index in [2.05, 4.69) is 5.32 Å². The lowest BCUT2D eigenvalue weighted by Gasteiger charge is -2.11. The van der Waals surface area contributed by atoms with Gasteiger partial charge >= 0.3 is 5.63 Å². The molecule has 122 valence electrons. The maximum absolute atomic E-state index is 11.8. The fourth-order valence-electron chi connectivity index (χ4n) is 2.63. The van der Waals surface area contributed by atoms with Crippen molar-refractivity contribution in [2.75, 3.05) is 19.8 Å². The SMILES string of the molecule is Cc1cc(=O)oc2cc(OCC(=O)NC[C@H]3CCCO3)ccc12. The molecule has 0 spiro atoms. The molecule has 1 aliphatic heterocycles. The first-order chi connectivity index (χ1) is 11.1. The number of carbonyl (C=O) groups excluding carboxylic acids is 1. The molecule has 0 bridgehead atoms. The third kappa shape index (κ3) is 3.90. The summed E-state index contributed by atoms with van der Waals surface area (Å²) >= 11 is 0. The molecule has 2 heterocycles. The smallest absolute Gasteiger partial charge is 0.336 e. The maximum atomic E-state index is 11.8. The summed E-state index contributed by atoms with van der Waals surface area (Å²) in [6.45, 7) is 3.03. The lowest BCUT2D eigenvalue weighted by Crippen LogP contribution is -2.35. The zero-order valence-electron chi connectivity index (χ0n) is 13.0. The first-order valence-corrected chi connectivity index (χ1v) is 7.67. The molecule has 6 nitrogen and oxygen atoms in total. The van der Waals surface area contributed by atoms with Crippen LogP contribution in [0.25, 0.3) is 11.0 Å². The number of amides is 1. The first-order valence-electron chi connectivity index (χ1n) is 7.67. The van der Waals surface area contributed by atoms with Gasteiger partial charge < -0.3 is 19.2 Å². The van der Waals surface area contributed by atoms with Gasteiger partial charge in [0, 0.05) is 30.7 Å². The van der Waals surface area contributed by atoms with E-state index < -0.39 is 5.63 Å². The van der Waals surface area contributed by atoms with Gasteiger partial charge in [0.05, 0.1) is 6.10 Å². The van der Waals surface area contributed by atoms with Crippen molar-refractivity contribution in [3.63, 3.8) is 0 Å². The topological polar surface area (TPSA) is 77.8 Å². The fraction of sp³-hybridized carbons (Fsp3) is 0.412. The van der Waals surface area contributed by atoms with Crippen molar-refractivity contribution < 1.29 is 18.7 Å². The van der Waals surface area contributed by atoms with Crippen molar-refractivity contribution in [1.82, 2.24) is 5.32 Å². The molecule has 2 aromatic rings. The second-order valence-corrected chi connectivity index (χ2v) is 5.63. The molecule has 23 heavy (non-hydrogen) atoms. The van der Waals surface area contributed by atoms with Gasteiger partial charge in [-0.15, -0.1) is 0 Å². The number of fused-ring (bicyclic) bond motifs is 1. The molecule has 1 fully saturated rings. The van der Waals surface area contributed by atoms with E-state index >= 15 is 0 Å². The highest BCUT2D eigenvalue weighted by atomic mass is 16.5. The van der Waals surface area contributed by atoms with Crippen LogP contribution in [0.3, 0.4) is 0 Å². The van der Waals surface area contributed by atoms with Gasteiger partial charge in [-0.25, -0.2) is 4.79 Å². The summed E-state index contributed by atoms with van der Waals surface area (Å²) in [7, 11) is 0. The number of ether oxygens (including phenoxy) is 2. The lowest BCUT2D eigenvalue weighted by molar-refractivity contribution is -0.123. The van der Waals surface area contributed by atoms with Gasteiger partial charge in [-0.3, -0.25) is 4.79 Å². The molecule has 0 aliphatic carbocycles. The Morgan fingerprint density at radius 2 is 2.26 bits per heavy atom. The minimum absolute atomic E-state index is 0.0890. The van der Waals surface area contributed by atoms with Gasteiger partial charge in [-0.1, -0.05) is 0 Å². The summed E-state index contributed by atoms with van der Waals surface area (Å²) in [5.74, 6) is 0.282. The molecule has 1 aromatic carbocycles. The van der Waals surface area contributed by atoms with Gasteiger partial charge in [0.15, 0.2) is 6.61 Å². The highest BCUT2D eigenvalue weighted by molar-refractivity contribution is 5.81. The van der Waals surface area contributed by atoms with Crippen LogP contribution in [-0.4, -0.2) is 31.8 Å². The Balaban J connectivity index is 1.58. The van der Waals surface area contributed by atoms with Gasteiger partial charge in [-0.2, -0.15) is 0 Å². The van der Waals surface area contributed by atoms with Crippen LogP contribution in [0.5, 0.6) is 5.75 Å². The van der Waals surface area contributed by atoms with Gasteiger partial charge in [-0.05, 0) is 37.5 Å². The average molecular weight is 317 g/mol. The largest absolute Gasteiger partial charge is 0.484 e. The molecule has 1 aromatic heterocycles. The monoisotopic (exact) mass is 317 g/mol. The summed E-state index contributed by atoms with van der Waals surface area (Å²) in [4.78, 5) is 23.2. The number of aryl methyl sites for hydroxylation is 1. The molecular formula is C17H19NO5. The Bertz CT molecular complexity index is 761. The van der Waals surface area contributed by atoms with Gasteiger partial charge in [0.2, 0.25) is 0 Å². The Labute approximate surface area is 133 Å². The third-order valence-corrected chi connectivity index (χ3v) is 3.84. The van der Waals surface area contributed by atoms with Crippen molar-refractivity contribution in [3.8, 4) is 5.75 Å². The minimum Gasteiger partial charge on any atom is -0.484 e. The molecule has 6 heteroatoms. The minimum atomic E-state index is -0.401. The highest BCUT2D eigenvalue weighted by Crippen LogP contribution is 2.22. The molecular weight excluding hydrogens is 298 g/mol. The van der Waals surface area contributed by atoms with E-state index in [4.69, 9.17) is 13.9 Å². The van der Waals surface area contributed by atoms with Crippen LogP contribution >= 0.6 is 0 Å². The molecule has 0 radical (unpaired) electrons. The number of carbonyl (C=O) groups is 1. The molecule has 1 N–H and O–H groups in total. The van der Waals surface area contributed by atoms with Crippen LogP contribution in [0.1, 0.15) is 18.4 Å². The van der Waals surface area contributed by atoms with Crippen molar-refractivity contribution >= 4 is 16.9 Å². The van der Waals surface area contributed by atoms with Crippen LogP contribution in [0.2, 0.25) is 0 Å². The second kappa shape index (κ2) is 6.83. The zero-order valence-corrected chi connectivity index (χ0v) is 13.0. The van der Waals surface area contributed by atoms with E-state index in [0.717, 1.165) is 30.4 Å². The number of hydrogen-bond acceptors (Lipinski definition) is 5. The second-order valence-electron chi connectivity index (χ2n) is 5.63. The molecule has 1 saturated heterocycles. The van der Waals surface area contributed by atoms with E-state index in [1.54, 1.807) is 12.1 Å². The summed E-state index contributed by atoms with van der Waals surface area (Å²) in [6.07, 6.45) is 2.13. The zero-order chi connectivity index (χ0) is 16.2. The normalized spacial score (nSPS) is 17.3. The molecule has 1 amide bonds. The van der Waals surface area contributed by atoms with Crippen molar-refractivity contribution in [1.29, 1.82) is 0 Å². The first kappa shape index (κ1) is 15.6. The number of rotatable bonds is 5. The third-order valence-electron chi connectivity index (χ3n) is 3.84. The van der Waals surface area contributed by atoms with E-state index in [0.29, 0.717) is 17.9 Å². The number of nitrogens with one attached hydrogen (secondary N) is 1. The highest BCUT2D eigenvalue weighted by Gasteiger charge is 2.16. The van der Waals surface area contributed by atoms with Crippen molar-refractivity contribution in [3.05, 3.63) is 40.2 Å². The van der Waals surface area contributed by atoms with E-state index in [9.17, 15) is 9.59 Å². The Hall–Kier alpha value is -2.34. The van der Waals surface area contributed by atoms with E-state index in [1.807, 2.05) is 13.0 Å². The van der Waals surface area contributed by atoms with Crippen LogP contribution in [0.4, 0.5) is 0 Å². The van der Waals surface area contributed by atoms with Crippen molar-refractivity contribution in [2.24, 2.45) is 0 Å². The van der Waals surface area contributed by atoms with Crippen LogP contribution in [0.15, 0.2) is 33.5 Å². The molecule has 3 rings (SSSR count). The Morgan fingerprint density at radius 3 is 3.04 bits per heavy atom. The molecule has 0 saturated carbocycles. The van der Waals surface area contributed by atoms with Crippen LogP contribution in [-0.2, 0) is 9.53 Å². The van der Waals surface area contributed by atoms with Gasteiger partial charge in [0.1, 0.15) is 11.3 Å². The predicted molar refractivity (Wildman–Crippen MR) is 84.7 cm³/mol. The lowest BCUT2D eigenvalue weighted by atomic mass is 10.1. The average Bonchev–Trinajstić information content (AvgIpc) is 3.03. The molecule has 1 aliphatic rings. The quantitative estimate of drug-likeness (QED) is 0.851. The fourth-order valence-corrected chi connectivity index (χ4v) is 2.63. The van der Waals surface area contributed by atoms with Crippen LogP contribution < -0.4 is 15.7 Å². The molecule has 1 atom stereocenters. The predicted octanol–water partition coefficient (Wildman–Crippen LogP) is 1.78. The van der Waals surface area contributed by atoms with Crippen LogP contribution in [0, 0.1) is 6.92 Å². The van der Waals surface area contributed by atoms with E-state index in [1.165, 1.54) is 6.07 Å². The standard InChI is InChI=1S/C17H19NO5/c1-11-7-17(20)23-15-8-12(4-5-14(11)15)22-10-16(19)18-9-13-3-2-6-21-13/h4-5,7-8,13H,2-3,6,9-10H2,1H3,(H,18,19)/t13-/m1/s1. The summed E-state index contributed by atoms with van der Waals surface area (Å²) in [5, 5.41) is 3.63. The number of benzene rings is 1. The van der Waals surface area contributed by atoms with Gasteiger partial charge in [0.25, 0.3) is 5.91 Å². The number of hydrogen-bond donors (Lipinski definition) is 1. The van der Waals surface area contributed by atoms with E-state index in [-0.39, 0.29) is 18.6 Å². The maximum Gasteiger partial charge on any atom is 0.336 e. The molecule has 0 unspecified atom stereocenters. The summed E-state index contributed by atoms with van der Waals surface area (Å²) in [6, 6.07) is 6.63. The van der Waals surface area contributed by atoms with Crippen molar-refractivity contribution in [2.45, 2.75) is 25.9 Å². The Kier molecular flexibility index (Phi) is 4.62. The summed E-state index contributed by atoms with van der Waals surface area (Å²) < 4.78 is 16.0.